The van der Waals surface area contributed by atoms with E-state index in [9.17, 15) is 20.2 Å². The Morgan fingerprint density at radius 1 is 1.00 bits per heavy atom. The first kappa shape index (κ1) is 12.4. The maximum atomic E-state index is 10.9. The Morgan fingerprint density at radius 2 is 1.68 bits per heavy atom. The molecule has 0 aliphatic carbocycles. The van der Waals surface area contributed by atoms with E-state index < -0.39 is 9.85 Å². The van der Waals surface area contributed by atoms with Gasteiger partial charge in [0.25, 0.3) is 5.69 Å². The average Bonchev–Trinajstić information content (AvgIpc) is 2.39. The summed E-state index contributed by atoms with van der Waals surface area (Å²) < 4.78 is 1.51. The maximum Gasteiger partial charge on any atom is 0.305 e. The summed E-state index contributed by atoms with van der Waals surface area (Å²) in [4.78, 5) is 20.2. The number of hydrogen-bond acceptors (Lipinski definition) is 5. The Balaban J connectivity index is 2.40. The normalized spacial score (nSPS) is 9.89. The van der Waals surface area contributed by atoms with Crippen LogP contribution in [0.2, 0.25) is 0 Å². The molecule has 0 spiro atoms. The Kier molecular flexibility index (Phi) is 3.33. The average molecular weight is 261 g/mol. The van der Waals surface area contributed by atoms with Gasteiger partial charge < -0.3 is 0 Å². The summed E-state index contributed by atoms with van der Waals surface area (Å²) in [5, 5.41) is 21.5. The molecule has 0 unspecified atom stereocenters. The number of nitro benzene ring substituents is 2. The molecule has 0 amide bonds. The van der Waals surface area contributed by atoms with Crippen LogP contribution in [0.4, 0.5) is 17.1 Å². The molecule has 0 aliphatic rings. The second-order valence-corrected chi connectivity index (χ2v) is 3.61. The van der Waals surface area contributed by atoms with E-state index >= 15 is 0 Å². The first-order valence-electron chi connectivity index (χ1n) is 5.24. The number of nitro groups is 2. The van der Waals surface area contributed by atoms with Crippen molar-refractivity contribution >= 4 is 17.1 Å². The van der Waals surface area contributed by atoms with Gasteiger partial charge in [0.05, 0.1) is 15.9 Å². The van der Waals surface area contributed by atoms with Gasteiger partial charge >= 0.3 is 5.69 Å². The summed E-state index contributed by atoms with van der Waals surface area (Å²) in [7, 11) is 0. The Bertz CT molecular complexity index is 630. The zero-order chi connectivity index (χ0) is 13.8. The topological polar surface area (TPSA) is 102 Å². The number of non-ortho nitro benzene ring substituents is 1. The van der Waals surface area contributed by atoms with E-state index in [4.69, 9.17) is 0 Å². The van der Waals surface area contributed by atoms with Crippen molar-refractivity contribution in [2.75, 3.05) is 5.43 Å². The predicted molar refractivity (Wildman–Crippen MR) is 65.4 cm³/mol. The first-order valence-corrected chi connectivity index (χ1v) is 5.24. The summed E-state index contributed by atoms with van der Waals surface area (Å²) in [5.41, 5.74) is 2.27. The maximum absolute atomic E-state index is 10.9. The van der Waals surface area contributed by atoms with Crippen LogP contribution in [0, 0.1) is 20.2 Å². The van der Waals surface area contributed by atoms with Crippen molar-refractivity contribution in [1.82, 2.24) is 0 Å². The largest absolute Gasteiger partial charge is 0.305 e. The summed E-state index contributed by atoms with van der Waals surface area (Å²) in [6.45, 7) is 0. The minimum absolute atomic E-state index is 0.173. The zero-order valence-electron chi connectivity index (χ0n) is 9.59. The highest BCUT2D eigenvalue weighted by Crippen LogP contribution is 2.28. The van der Waals surface area contributed by atoms with Crippen LogP contribution in [-0.2, 0) is 0 Å². The molecular weight excluding hydrogens is 252 g/mol. The van der Waals surface area contributed by atoms with Gasteiger partial charge in [-0.1, -0.05) is 10.7 Å². The van der Waals surface area contributed by atoms with E-state index in [0.29, 0.717) is 0 Å². The second kappa shape index (κ2) is 5.08. The molecule has 0 fully saturated rings. The number of nitrogens with zero attached hydrogens (tertiary/aromatic N) is 3. The van der Waals surface area contributed by atoms with Crippen LogP contribution in [0.5, 0.6) is 0 Å². The molecule has 0 saturated heterocycles. The second-order valence-electron chi connectivity index (χ2n) is 3.61. The molecule has 1 aromatic carbocycles. The summed E-state index contributed by atoms with van der Waals surface area (Å²) in [6, 6.07) is 8.71. The quantitative estimate of drug-likeness (QED) is 0.512. The van der Waals surface area contributed by atoms with E-state index in [0.717, 1.165) is 6.07 Å². The van der Waals surface area contributed by atoms with Gasteiger partial charge in [0.2, 0.25) is 0 Å². The number of benzene rings is 1. The molecule has 0 bridgehead atoms. The third kappa shape index (κ3) is 2.80. The van der Waals surface area contributed by atoms with Gasteiger partial charge in [0, 0.05) is 18.2 Å². The van der Waals surface area contributed by atoms with E-state index in [-0.39, 0.29) is 17.1 Å². The predicted octanol–water partition coefficient (Wildman–Crippen LogP) is 1.67. The number of rotatable bonds is 4. The lowest BCUT2D eigenvalue weighted by atomic mass is 10.2. The zero-order valence-corrected chi connectivity index (χ0v) is 9.59. The summed E-state index contributed by atoms with van der Waals surface area (Å²) >= 11 is 0. The number of pyridine rings is 1. The van der Waals surface area contributed by atoms with Gasteiger partial charge in [-0.25, -0.2) is 0 Å². The third-order valence-electron chi connectivity index (χ3n) is 2.35. The number of anilines is 1. The molecule has 0 radical (unpaired) electrons. The molecule has 96 valence electrons. The van der Waals surface area contributed by atoms with Crippen LogP contribution in [0.15, 0.2) is 48.8 Å². The number of aromatic nitrogens is 1. The highest BCUT2D eigenvalue weighted by molar-refractivity contribution is 5.64. The highest BCUT2D eigenvalue weighted by atomic mass is 16.6. The fraction of sp³-hybridized carbons (Fsp3) is 0. The lowest BCUT2D eigenvalue weighted by molar-refractivity contribution is -0.643. The van der Waals surface area contributed by atoms with Crippen molar-refractivity contribution in [3.8, 4) is 0 Å². The van der Waals surface area contributed by atoms with Gasteiger partial charge in [-0.15, -0.1) is 0 Å². The monoisotopic (exact) mass is 261 g/mol. The van der Waals surface area contributed by atoms with Crippen LogP contribution in [-0.4, -0.2) is 9.85 Å². The fourth-order valence-corrected chi connectivity index (χ4v) is 1.49. The van der Waals surface area contributed by atoms with E-state index in [1.165, 1.54) is 16.8 Å². The lowest BCUT2D eigenvalue weighted by Gasteiger charge is -2.01. The van der Waals surface area contributed by atoms with Crippen molar-refractivity contribution in [3.63, 3.8) is 0 Å². The number of nitrogens with one attached hydrogen (secondary N) is 1. The van der Waals surface area contributed by atoms with Crippen molar-refractivity contribution < 1.29 is 14.5 Å². The van der Waals surface area contributed by atoms with Gasteiger partial charge in [0.1, 0.15) is 0 Å². The van der Waals surface area contributed by atoms with Crippen molar-refractivity contribution in [3.05, 3.63) is 69.0 Å². The van der Waals surface area contributed by atoms with Crippen molar-refractivity contribution in [1.29, 1.82) is 0 Å². The van der Waals surface area contributed by atoms with E-state index in [1.807, 2.05) is 0 Å². The summed E-state index contributed by atoms with van der Waals surface area (Å²) in [6.07, 6.45) is 3.32. The molecule has 1 aromatic heterocycles. The van der Waals surface area contributed by atoms with Gasteiger partial charge in [-0.2, -0.15) is 5.43 Å². The molecule has 1 N–H and O–H groups in total. The van der Waals surface area contributed by atoms with Crippen LogP contribution in [0.3, 0.4) is 0 Å². The summed E-state index contributed by atoms with van der Waals surface area (Å²) in [5.74, 6) is 0. The van der Waals surface area contributed by atoms with Gasteiger partial charge in [-0.05, 0) is 6.07 Å². The van der Waals surface area contributed by atoms with Crippen LogP contribution >= 0.6 is 0 Å². The molecule has 0 saturated carbocycles. The molecule has 1 heterocycles. The van der Waals surface area contributed by atoms with Gasteiger partial charge in [-0.3, -0.25) is 20.2 Å². The van der Waals surface area contributed by atoms with E-state index in [1.54, 1.807) is 30.6 Å². The molecule has 2 aromatic rings. The SMILES string of the molecule is O=[N+]([O-])c1ccc(N[n+]2ccccc2)c([N+](=O)[O-])c1. The molecule has 8 nitrogen and oxygen atoms in total. The Hall–Kier alpha value is -3.03. The first-order chi connectivity index (χ1) is 9.08. The molecule has 2 rings (SSSR count). The lowest BCUT2D eigenvalue weighted by Crippen LogP contribution is -2.41. The highest BCUT2D eigenvalue weighted by Gasteiger charge is 2.21. The molecule has 8 heteroatoms. The Labute approximate surface area is 107 Å². The molecule has 0 aliphatic heterocycles. The van der Waals surface area contributed by atoms with Crippen molar-refractivity contribution in [2.45, 2.75) is 0 Å². The molecular formula is C11H9N4O4+. The van der Waals surface area contributed by atoms with Crippen LogP contribution < -0.4 is 10.1 Å². The molecule has 0 atom stereocenters. The van der Waals surface area contributed by atoms with Crippen LogP contribution in [0.1, 0.15) is 0 Å². The minimum atomic E-state index is -0.674. The third-order valence-corrected chi connectivity index (χ3v) is 2.35. The fourth-order valence-electron chi connectivity index (χ4n) is 1.49. The smallest absolute Gasteiger partial charge is 0.258 e. The standard InChI is InChI=1S/C11H9N4O4/c16-14(17)9-4-5-10(11(8-9)15(18)19)12-13-6-2-1-3-7-13/h1-8,12H/q+1. The van der Waals surface area contributed by atoms with Gasteiger partial charge in [0.15, 0.2) is 18.1 Å². The molecule has 19 heavy (non-hydrogen) atoms. The Morgan fingerprint density at radius 3 is 2.26 bits per heavy atom. The van der Waals surface area contributed by atoms with Crippen LogP contribution in [0.25, 0.3) is 0 Å². The van der Waals surface area contributed by atoms with Crippen molar-refractivity contribution in [2.24, 2.45) is 0 Å². The minimum Gasteiger partial charge on any atom is -0.258 e. The van der Waals surface area contributed by atoms with E-state index in [2.05, 4.69) is 5.43 Å². The number of hydrogen-bond donors (Lipinski definition) is 1.